The van der Waals surface area contributed by atoms with Crippen molar-refractivity contribution in [2.75, 3.05) is 0 Å². The first-order chi connectivity index (χ1) is 13.4. The van der Waals surface area contributed by atoms with E-state index in [-0.39, 0.29) is 11.3 Å². The monoisotopic (exact) mass is 404 g/mol. The van der Waals surface area contributed by atoms with Gasteiger partial charge in [0.1, 0.15) is 0 Å². The number of thioether (sulfide) groups is 1. The van der Waals surface area contributed by atoms with E-state index >= 15 is 0 Å². The lowest BCUT2D eigenvalue weighted by Gasteiger charge is -2.46. The molecule has 3 atom stereocenters. The first-order valence-electron chi connectivity index (χ1n) is 8.52. The van der Waals surface area contributed by atoms with Crippen LogP contribution in [0.2, 0.25) is 0 Å². The topological polar surface area (TPSA) is 50.4 Å². The highest BCUT2D eigenvalue weighted by Crippen LogP contribution is 2.64. The van der Waals surface area contributed by atoms with Crippen molar-refractivity contribution in [2.24, 2.45) is 5.92 Å². The molecule has 144 valence electrons. The SMILES string of the molecule is O=C(c1ccco1)[C@@H]1[C@@H](O)c2ccccc2S[C@@]1(c1ccccc1)C(F)(F)F. The van der Waals surface area contributed by atoms with Gasteiger partial charge in [-0.15, -0.1) is 11.8 Å². The third-order valence-corrected chi connectivity index (χ3v) is 6.57. The molecular weight excluding hydrogens is 389 g/mol. The molecule has 1 aliphatic heterocycles. The minimum Gasteiger partial charge on any atom is -0.461 e. The number of furan rings is 1. The maximum atomic E-state index is 14.7. The number of aliphatic hydroxyl groups excluding tert-OH is 1. The van der Waals surface area contributed by atoms with E-state index in [0.29, 0.717) is 22.2 Å². The van der Waals surface area contributed by atoms with Crippen molar-refractivity contribution in [3.8, 4) is 0 Å². The zero-order valence-corrected chi connectivity index (χ0v) is 15.2. The molecule has 0 bridgehead atoms. The molecule has 3 nitrogen and oxygen atoms in total. The lowest BCUT2D eigenvalue weighted by molar-refractivity contribution is -0.181. The Morgan fingerprint density at radius 3 is 2.32 bits per heavy atom. The number of benzene rings is 2. The van der Waals surface area contributed by atoms with Gasteiger partial charge in [0, 0.05) is 4.90 Å². The van der Waals surface area contributed by atoms with Gasteiger partial charge in [0.15, 0.2) is 10.5 Å². The highest BCUT2D eigenvalue weighted by atomic mass is 32.2. The summed E-state index contributed by atoms with van der Waals surface area (Å²) >= 11 is 0.554. The predicted octanol–water partition coefficient (Wildman–Crippen LogP) is 5.38. The fourth-order valence-corrected chi connectivity index (χ4v) is 5.21. The second-order valence-corrected chi connectivity index (χ2v) is 7.79. The molecule has 0 saturated heterocycles. The first-order valence-corrected chi connectivity index (χ1v) is 9.34. The van der Waals surface area contributed by atoms with Crippen molar-refractivity contribution in [3.63, 3.8) is 0 Å². The highest BCUT2D eigenvalue weighted by molar-refractivity contribution is 8.00. The van der Waals surface area contributed by atoms with Gasteiger partial charge in [-0.05, 0) is 29.3 Å². The Labute approximate surface area is 163 Å². The molecule has 0 radical (unpaired) electrons. The lowest BCUT2D eigenvalue weighted by Crippen LogP contribution is -2.52. The predicted molar refractivity (Wildman–Crippen MR) is 98.0 cm³/mol. The average Bonchev–Trinajstić information content (AvgIpc) is 3.22. The van der Waals surface area contributed by atoms with Gasteiger partial charge in [0.05, 0.1) is 18.3 Å². The van der Waals surface area contributed by atoms with Crippen LogP contribution in [0, 0.1) is 5.92 Å². The van der Waals surface area contributed by atoms with Gasteiger partial charge in [-0.2, -0.15) is 13.2 Å². The molecule has 3 aromatic rings. The zero-order valence-electron chi connectivity index (χ0n) is 14.4. The summed E-state index contributed by atoms with van der Waals surface area (Å²) in [6.45, 7) is 0. The van der Waals surface area contributed by atoms with Crippen LogP contribution in [-0.2, 0) is 4.75 Å². The highest BCUT2D eigenvalue weighted by Gasteiger charge is 2.67. The van der Waals surface area contributed by atoms with E-state index in [0.717, 1.165) is 0 Å². The molecule has 0 fully saturated rings. The number of hydrogen-bond acceptors (Lipinski definition) is 4. The number of fused-ring (bicyclic) bond motifs is 1. The normalized spacial score (nSPS) is 24.6. The van der Waals surface area contributed by atoms with Crippen LogP contribution in [0.25, 0.3) is 0 Å². The Hall–Kier alpha value is -2.51. The van der Waals surface area contributed by atoms with E-state index in [1.54, 1.807) is 24.3 Å². The average molecular weight is 404 g/mol. The van der Waals surface area contributed by atoms with E-state index in [4.69, 9.17) is 4.42 Å². The van der Waals surface area contributed by atoms with Gasteiger partial charge < -0.3 is 9.52 Å². The van der Waals surface area contributed by atoms with E-state index < -0.39 is 28.7 Å². The van der Waals surface area contributed by atoms with E-state index in [9.17, 15) is 23.1 Å². The molecule has 0 saturated carbocycles. The molecule has 0 unspecified atom stereocenters. The number of carbonyl (C=O) groups excluding carboxylic acids is 1. The Balaban J connectivity index is 2.01. The van der Waals surface area contributed by atoms with Gasteiger partial charge in [-0.1, -0.05) is 48.5 Å². The number of alkyl halides is 3. The third-order valence-electron chi connectivity index (χ3n) is 4.93. The Morgan fingerprint density at radius 1 is 1.00 bits per heavy atom. The summed E-state index contributed by atoms with van der Waals surface area (Å²) in [4.78, 5) is 13.4. The minimum atomic E-state index is -4.82. The quantitative estimate of drug-likeness (QED) is 0.596. The molecule has 28 heavy (non-hydrogen) atoms. The second kappa shape index (κ2) is 6.83. The first kappa shape index (κ1) is 18.8. The van der Waals surface area contributed by atoms with Crippen molar-refractivity contribution >= 4 is 17.5 Å². The lowest BCUT2D eigenvalue weighted by atomic mass is 9.75. The molecule has 1 aromatic heterocycles. The Kier molecular flexibility index (Phi) is 4.59. The number of hydrogen-bond donors (Lipinski definition) is 1. The zero-order chi connectivity index (χ0) is 19.9. The standard InChI is InChI=1S/C21H15F3O3S/c22-21(23,24)20(13-7-2-1-3-8-13)17(19(26)15-10-6-12-27-15)18(25)14-9-4-5-11-16(14)28-20/h1-12,17-18,25H/t17-,18-,20+/m0/s1. The van der Waals surface area contributed by atoms with Crippen LogP contribution in [0.3, 0.4) is 0 Å². The van der Waals surface area contributed by atoms with Crippen LogP contribution in [0.4, 0.5) is 13.2 Å². The van der Waals surface area contributed by atoms with Gasteiger partial charge >= 0.3 is 6.18 Å². The molecule has 0 amide bonds. The van der Waals surface area contributed by atoms with Crippen LogP contribution in [0.15, 0.2) is 82.3 Å². The molecule has 2 heterocycles. The fourth-order valence-electron chi connectivity index (χ4n) is 3.68. The smallest absolute Gasteiger partial charge is 0.408 e. The van der Waals surface area contributed by atoms with Crippen LogP contribution >= 0.6 is 11.8 Å². The number of rotatable bonds is 3. The summed E-state index contributed by atoms with van der Waals surface area (Å²) in [6, 6.07) is 16.3. The largest absolute Gasteiger partial charge is 0.461 e. The summed E-state index contributed by atoms with van der Waals surface area (Å²) in [6.07, 6.45) is -5.24. The van der Waals surface area contributed by atoms with E-state index in [1.165, 1.54) is 48.7 Å². The second-order valence-electron chi connectivity index (χ2n) is 6.50. The van der Waals surface area contributed by atoms with Gasteiger partial charge in [-0.25, -0.2) is 0 Å². The molecule has 2 aromatic carbocycles. The van der Waals surface area contributed by atoms with Crippen LogP contribution in [-0.4, -0.2) is 17.1 Å². The molecule has 4 rings (SSSR count). The van der Waals surface area contributed by atoms with Crippen molar-refractivity contribution in [3.05, 3.63) is 89.9 Å². The summed E-state index contributed by atoms with van der Waals surface area (Å²) in [7, 11) is 0. The summed E-state index contributed by atoms with van der Waals surface area (Å²) in [5, 5.41) is 11.0. The number of halogens is 3. The number of aliphatic hydroxyl groups is 1. The minimum absolute atomic E-state index is 0.0917. The molecule has 1 aliphatic rings. The third kappa shape index (κ3) is 2.77. The number of Topliss-reactive ketones (excluding diaryl/α,β-unsaturated/α-hetero) is 1. The number of carbonyl (C=O) groups is 1. The Morgan fingerprint density at radius 2 is 1.68 bits per heavy atom. The van der Waals surface area contributed by atoms with Gasteiger partial charge in [0.25, 0.3) is 0 Å². The summed E-state index contributed by atoms with van der Waals surface area (Å²) < 4.78 is 46.5. The fraction of sp³-hybridized carbons (Fsp3) is 0.190. The molecule has 1 N–H and O–H groups in total. The summed E-state index contributed by atoms with van der Waals surface area (Å²) in [5.74, 6) is -2.91. The molecular formula is C21H15F3O3S. The van der Waals surface area contributed by atoms with Gasteiger partial charge in [0.2, 0.25) is 5.78 Å². The van der Waals surface area contributed by atoms with Crippen molar-refractivity contribution < 1.29 is 27.5 Å². The van der Waals surface area contributed by atoms with E-state index in [1.807, 2.05) is 0 Å². The van der Waals surface area contributed by atoms with Crippen molar-refractivity contribution in [1.82, 2.24) is 0 Å². The molecule has 0 spiro atoms. The van der Waals surface area contributed by atoms with Crippen LogP contribution in [0.5, 0.6) is 0 Å². The van der Waals surface area contributed by atoms with Crippen LogP contribution < -0.4 is 0 Å². The number of ketones is 1. The Bertz CT molecular complexity index is 986. The molecule has 0 aliphatic carbocycles. The van der Waals surface area contributed by atoms with Crippen molar-refractivity contribution in [1.29, 1.82) is 0 Å². The summed E-state index contributed by atoms with van der Waals surface area (Å²) in [5.41, 5.74) is 0.208. The molecule has 7 heteroatoms. The van der Waals surface area contributed by atoms with Gasteiger partial charge in [-0.3, -0.25) is 4.79 Å². The van der Waals surface area contributed by atoms with Crippen molar-refractivity contribution in [2.45, 2.75) is 21.9 Å². The van der Waals surface area contributed by atoms with Crippen LogP contribution in [0.1, 0.15) is 27.8 Å². The van der Waals surface area contributed by atoms with E-state index in [2.05, 4.69) is 0 Å². The maximum absolute atomic E-state index is 14.7. The maximum Gasteiger partial charge on any atom is 0.408 e.